The first-order valence-electron chi connectivity index (χ1n) is 11.6. The van der Waals surface area contributed by atoms with Gasteiger partial charge < -0.3 is 14.6 Å². The molecule has 1 unspecified atom stereocenters. The minimum Gasteiger partial charge on any atom is -0.379 e. The fraction of sp³-hybridized carbons (Fsp3) is 0.440. The summed E-state index contributed by atoms with van der Waals surface area (Å²) in [7, 11) is -1.70. The summed E-state index contributed by atoms with van der Waals surface area (Å²) in [5, 5.41) is 3.08. The van der Waals surface area contributed by atoms with Crippen molar-refractivity contribution < 1.29 is 17.9 Å². The van der Waals surface area contributed by atoms with Gasteiger partial charge >= 0.3 is 0 Å². The normalized spacial score (nSPS) is 16.0. The quantitative estimate of drug-likeness (QED) is 0.556. The first-order chi connectivity index (χ1) is 16.2. The molecule has 0 saturated carbocycles. The molecule has 2 heterocycles. The monoisotopic (exact) mass is 484 g/mol. The number of amides is 1. The Bertz CT molecular complexity index is 1310. The maximum atomic E-state index is 13.0. The molecule has 0 bridgehead atoms. The number of aryl methyl sites for hydroxylation is 4. The van der Waals surface area contributed by atoms with E-state index in [0.717, 1.165) is 28.0 Å². The molecule has 9 heteroatoms. The molecule has 2 aromatic carbocycles. The summed E-state index contributed by atoms with van der Waals surface area (Å²) in [6.45, 7) is 7.59. The highest BCUT2D eigenvalue weighted by atomic mass is 32.2. The molecule has 1 atom stereocenters. The molecule has 182 valence electrons. The van der Waals surface area contributed by atoms with Crippen molar-refractivity contribution in [1.82, 2.24) is 19.2 Å². The number of morpholine rings is 1. The van der Waals surface area contributed by atoms with Crippen LogP contribution in [0.25, 0.3) is 11.0 Å². The molecular formula is C25H32N4O4S. The minimum absolute atomic E-state index is 0.0453. The molecule has 1 N–H and O–H groups in total. The molecule has 0 aliphatic carbocycles. The van der Waals surface area contributed by atoms with Gasteiger partial charge in [0.05, 0.1) is 35.2 Å². The number of rotatable bonds is 7. The van der Waals surface area contributed by atoms with E-state index in [-0.39, 0.29) is 16.8 Å². The van der Waals surface area contributed by atoms with E-state index in [1.165, 1.54) is 4.31 Å². The van der Waals surface area contributed by atoms with Gasteiger partial charge in [0, 0.05) is 33.0 Å². The molecule has 1 fully saturated rings. The number of sulfonamides is 1. The number of aromatic nitrogens is 2. The second-order valence-electron chi connectivity index (χ2n) is 8.90. The molecule has 34 heavy (non-hydrogen) atoms. The Morgan fingerprint density at radius 2 is 1.88 bits per heavy atom. The number of imidazole rings is 1. The Hall–Kier alpha value is -2.75. The predicted molar refractivity (Wildman–Crippen MR) is 131 cm³/mol. The summed E-state index contributed by atoms with van der Waals surface area (Å²) >= 11 is 0. The van der Waals surface area contributed by atoms with Gasteiger partial charge in [-0.3, -0.25) is 4.79 Å². The average Bonchev–Trinajstić information content (AvgIpc) is 3.14. The molecule has 1 aromatic heterocycles. The Labute approximate surface area is 201 Å². The third-order valence-corrected chi connectivity index (χ3v) is 8.30. The summed E-state index contributed by atoms with van der Waals surface area (Å²) in [6.07, 6.45) is 0.757. The van der Waals surface area contributed by atoms with Crippen LogP contribution < -0.4 is 5.32 Å². The van der Waals surface area contributed by atoms with E-state index in [9.17, 15) is 13.2 Å². The van der Waals surface area contributed by atoms with Crippen molar-refractivity contribution in [2.24, 2.45) is 7.05 Å². The summed E-state index contributed by atoms with van der Waals surface area (Å²) in [5.41, 5.74) is 4.87. The summed E-state index contributed by atoms with van der Waals surface area (Å²) in [4.78, 5) is 17.5. The first kappa shape index (κ1) is 24.4. The van der Waals surface area contributed by atoms with Gasteiger partial charge in [-0.15, -0.1) is 0 Å². The smallest absolute Gasteiger partial charge is 0.243 e. The van der Waals surface area contributed by atoms with Crippen LogP contribution in [-0.4, -0.2) is 54.5 Å². The topological polar surface area (TPSA) is 93.5 Å². The Balaban J connectivity index is 1.45. The van der Waals surface area contributed by atoms with Crippen molar-refractivity contribution in [3.63, 3.8) is 0 Å². The van der Waals surface area contributed by atoms with Crippen LogP contribution in [0.1, 0.15) is 41.9 Å². The number of hydrogen-bond donors (Lipinski definition) is 1. The molecule has 1 aliphatic heterocycles. The Morgan fingerprint density at radius 1 is 1.15 bits per heavy atom. The van der Waals surface area contributed by atoms with Crippen LogP contribution >= 0.6 is 0 Å². The number of carbonyl (C=O) groups excluding carboxylic acids is 1. The van der Waals surface area contributed by atoms with Crippen molar-refractivity contribution in [3.8, 4) is 0 Å². The van der Waals surface area contributed by atoms with E-state index in [1.54, 1.807) is 18.2 Å². The van der Waals surface area contributed by atoms with Gasteiger partial charge in [-0.25, -0.2) is 13.4 Å². The highest BCUT2D eigenvalue weighted by molar-refractivity contribution is 7.89. The predicted octanol–water partition coefficient (Wildman–Crippen LogP) is 3.02. The Morgan fingerprint density at radius 3 is 2.62 bits per heavy atom. The van der Waals surface area contributed by atoms with E-state index in [0.29, 0.717) is 44.7 Å². The second kappa shape index (κ2) is 9.85. The van der Waals surface area contributed by atoms with Crippen LogP contribution in [0.4, 0.5) is 0 Å². The van der Waals surface area contributed by atoms with Crippen molar-refractivity contribution in [3.05, 3.63) is 58.9 Å². The van der Waals surface area contributed by atoms with Crippen LogP contribution in [-0.2, 0) is 33.0 Å². The molecule has 0 radical (unpaired) electrons. The number of carbonyl (C=O) groups is 1. The van der Waals surface area contributed by atoms with Crippen molar-refractivity contribution >= 4 is 27.0 Å². The second-order valence-corrected chi connectivity index (χ2v) is 10.8. The lowest BCUT2D eigenvalue weighted by molar-refractivity contribution is -0.121. The number of ether oxygens (including phenoxy) is 1. The maximum Gasteiger partial charge on any atom is 0.243 e. The number of nitrogens with one attached hydrogen (secondary N) is 1. The third-order valence-electron chi connectivity index (χ3n) is 6.41. The number of nitrogens with zero attached hydrogens (tertiary/aromatic N) is 3. The molecule has 1 amide bonds. The average molecular weight is 485 g/mol. The van der Waals surface area contributed by atoms with Gasteiger partial charge in [0.15, 0.2) is 0 Å². The largest absolute Gasteiger partial charge is 0.379 e. The van der Waals surface area contributed by atoms with Crippen LogP contribution in [0.3, 0.4) is 0 Å². The SMILES string of the molecule is Cc1ccc(C)c(C(C)NC(=O)CCc2nc3cc(S(=O)(=O)N4CCOCC4)ccc3n2C)c1. The molecule has 8 nitrogen and oxygen atoms in total. The number of hydrogen-bond acceptors (Lipinski definition) is 5. The zero-order valence-corrected chi connectivity index (χ0v) is 21.0. The molecule has 4 rings (SSSR count). The number of fused-ring (bicyclic) bond motifs is 1. The van der Waals surface area contributed by atoms with E-state index in [4.69, 9.17) is 4.74 Å². The fourth-order valence-electron chi connectivity index (χ4n) is 4.39. The van der Waals surface area contributed by atoms with Crippen LogP contribution in [0, 0.1) is 13.8 Å². The molecule has 1 saturated heterocycles. The highest BCUT2D eigenvalue weighted by Gasteiger charge is 2.27. The molecule has 3 aromatic rings. The van der Waals surface area contributed by atoms with E-state index >= 15 is 0 Å². The lowest BCUT2D eigenvalue weighted by atomic mass is 10.00. The van der Waals surface area contributed by atoms with Gasteiger partial charge in [0.1, 0.15) is 5.82 Å². The van der Waals surface area contributed by atoms with Crippen molar-refractivity contribution in [2.45, 2.75) is 44.6 Å². The van der Waals surface area contributed by atoms with Crippen molar-refractivity contribution in [2.75, 3.05) is 26.3 Å². The third kappa shape index (κ3) is 5.01. The lowest BCUT2D eigenvalue weighted by Crippen LogP contribution is -2.40. The fourth-order valence-corrected chi connectivity index (χ4v) is 5.82. The summed E-state index contributed by atoms with van der Waals surface area (Å²) < 4.78 is 34.6. The first-order valence-corrected chi connectivity index (χ1v) is 13.0. The van der Waals surface area contributed by atoms with Gasteiger partial charge in [-0.1, -0.05) is 23.8 Å². The van der Waals surface area contributed by atoms with E-state index in [1.807, 2.05) is 32.4 Å². The Kier molecular flexibility index (Phi) is 7.06. The van der Waals surface area contributed by atoms with Gasteiger partial charge in [-0.2, -0.15) is 4.31 Å². The molecular weight excluding hydrogens is 452 g/mol. The zero-order chi connectivity index (χ0) is 24.5. The van der Waals surface area contributed by atoms with Crippen LogP contribution in [0.15, 0.2) is 41.3 Å². The van der Waals surface area contributed by atoms with E-state index < -0.39 is 10.0 Å². The summed E-state index contributed by atoms with van der Waals surface area (Å²) in [5.74, 6) is 0.696. The maximum absolute atomic E-state index is 13.0. The standard InChI is InChI=1S/C25H32N4O4S/c1-17-5-6-18(2)21(15-17)19(3)26-25(30)10-9-24-27-22-16-20(7-8-23(22)28(24)4)34(31,32)29-11-13-33-14-12-29/h5-8,15-16,19H,9-14H2,1-4H3,(H,26,30). The van der Waals surface area contributed by atoms with E-state index in [2.05, 4.69) is 28.5 Å². The zero-order valence-electron chi connectivity index (χ0n) is 20.2. The minimum atomic E-state index is -3.59. The van der Waals surface area contributed by atoms with Gasteiger partial charge in [-0.05, 0) is 50.1 Å². The van der Waals surface area contributed by atoms with Crippen LogP contribution in [0.2, 0.25) is 0 Å². The van der Waals surface area contributed by atoms with Crippen molar-refractivity contribution in [1.29, 1.82) is 0 Å². The van der Waals surface area contributed by atoms with Crippen LogP contribution in [0.5, 0.6) is 0 Å². The van der Waals surface area contributed by atoms with Gasteiger partial charge in [0.25, 0.3) is 0 Å². The molecule has 1 aliphatic rings. The number of benzene rings is 2. The molecule has 0 spiro atoms. The highest BCUT2D eigenvalue weighted by Crippen LogP contribution is 2.24. The lowest BCUT2D eigenvalue weighted by Gasteiger charge is -2.26. The van der Waals surface area contributed by atoms with Gasteiger partial charge in [0.2, 0.25) is 15.9 Å². The summed E-state index contributed by atoms with van der Waals surface area (Å²) in [6, 6.07) is 11.2.